The lowest BCUT2D eigenvalue weighted by molar-refractivity contribution is -0.133. The molecule has 5 nitrogen and oxygen atoms in total. The second kappa shape index (κ2) is 9.18. The Morgan fingerprint density at radius 2 is 1.72 bits per heavy atom. The Bertz CT molecular complexity index is 641. The van der Waals surface area contributed by atoms with Gasteiger partial charge in [0.2, 0.25) is 5.91 Å². The lowest BCUT2D eigenvalue weighted by atomic mass is 10.2. The second-order valence-corrected chi connectivity index (χ2v) is 6.28. The van der Waals surface area contributed by atoms with Crippen LogP contribution >= 0.6 is 0 Å². The van der Waals surface area contributed by atoms with Crippen molar-refractivity contribution >= 4 is 5.91 Å². The van der Waals surface area contributed by atoms with E-state index < -0.39 is 0 Å². The van der Waals surface area contributed by atoms with Crippen molar-refractivity contribution in [3.63, 3.8) is 0 Å². The van der Waals surface area contributed by atoms with Gasteiger partial charge in [0.05, 0.1) is 6.61 Å². The first-order chi connectivity index (χ1) is 12.3. The van der Waals surface area contributed by atoms with Crippen molar-refractivity contribution in [3.05, 3.63) is 60.4 Å². The topological polar surface area (TPSA) is 45.7 Å². The average Bonchev–Trinajstić information content (AvgIpc) is 2.67. The molecule has 1 aliphatic heterocycles. The van der Waals surface area contributed by atoms with E-state index in [1.54, 1.807) is 0 Å². The van der Waals surface area contributed by atoms with Crippen LogP contribution < -0.4 is 4.74 Å². The fraction of sp³-hybridized carbons (Fsp3) is 0.400. The molecule has 0 spiro atoms. The fourth-order valence-electron chi connectivity index (χ4n) is 2.99. The van der Waals surface area contributed by atoms with Crippen LogP contribution in [-0.4, -0.2) is 53.5 Å². The molecule has 1 aliphatic rings. The predicted octanol–water partition coefficient (Wildman–Crippen LogP) is 2.59. The SMILES string of the molecule is O=C(CCCOc1ccccc1)N1CCN(Cc2ccncc2)CC1. The van der Waals surface area contributed by atoms with Crippen molar-refractivity contribution in [3.8, 4) is 5.75 Å². The van der Waals surface area contributed by atoms with Crippen LogP contribution in [0.4, 0.5) is 0 Å². The quantitative estimate of drug-likeness (QED) is 0.728. The van der Waals surface area contributed by atoms with Crippen LogP contribution in [0.5, 0.6) is 5.75 Å². The maximum atomic E-state index is 12.3. The van der Waals surface area contributed by atoms with Gasteiger partial charge in [-0.1, -0.05) is 18.2 Å². The van der Waals surface area contributed by atoms with E-state index in [4.69, 9.17) is 4.74 Å². The van der Waals surface area contributed by atoms with E-state index in [2.05, 4.69) is 9.88 Å². The lowest BCUT2D eigenvalue weighted by Crippen LogP contribution is -2.48. The third-order valence-corrected chi connectivity index (χ3v) is 4.43. The van der Waals surface area contributed by atoms with E-state index in [0.717, 1.165) is 44.9 Å². The Morgan fingerprint density at radius 1 is 1.00 bits per heavy atom. The minimum Gasteiger partial charge on any atom is -0.494 e. The zero-order valence-electron chi connectivity index (χ0n) is 14.5. The molecule has 0 atom stereocenters. The lowest BCUT2D eigenvalue weighted by Gasteiger charge is -2.34. The maximum Gasteiger partial charge on any atom is 0.222 e. The Hall–Kier alpha value is -2.40. The van der Waals surface area contributed by atoms with Crippen molar-refractivity contribution in [1.82, 2.24) is 14.8 Å². The number of piperazine rings is 1. The minimum absolute atomic E-state index is 0.236. The van der Waals surface area contributed by atoms with Crippen molar-refractivity contribution in [2.24, 2.45) is 0 Å². The van der Waals surface area contributed by atoms with Crippen LogP contribution in [0, 0.1) is 0 Å². The van der Waals surface area contributed by atoms with Gasteiger partial charge in [0.25, 0.3) is 0 Å². The first kappa shape index (κ1) is 17.4. The molecule has 25 heavy (non-hydrogen) atoms. The third-order valence-electron chi connectivity index (χ3n) is 4.43. The summed E-state index contributed by atoms with van der Waals surface area (Å²) >= 11 is 0. The molecule has 5 heteroatoms. The zero-order chi connectivity index (χ0) is 17.3. The van der Waals surface area contributed by atoms with Gasteiger partial charge in [0.15, 0.2) is 0 Å². The highest BCUT2D eigenvalue weighted by Crippen LogP contribution is 2.11. The van der Waals surface area contributed by atoms with E-state index in [1.807, 2.05) is 59.8 Å². The van der Waals surface area contributed by atoms with Gasteiger partial charge >= 0.3 is 0 Å². The molecule has 2 heterocycles. The number of carbonyl (C=O) groups is 1. The van der Waals surface area contributed by atoms with Crippen LogP contribution in [0.2, 0.25) is 0 Å². The number of hydrogen-bond donors (Lipinski definition) is 0. The Labute approximate surface area is 149 Å². The van der Waals surface area contributed by atoms with Crippen molar-refractivity contribution < 1.29 is 9.53 Å². The molecule has 0 bridgehead atoms. The maximum absolute atomic E-state index is 12.3. The summed E-state index contributed by atoms with van der Waals surface area (Å²) in [5.41, 5.74) is 1.27. The Balaban J connectivity index is 1.33. The molecule has 132 valence electrons. The summed E-state index contributed by atoms with van der Waals surface area (Å²) in [5, 5.41) is 0. The molecule has 3 rings (SSSR count). The fourth-order valence-corrected chi connectivity index (χ4v) is 2.99. The van der Waals surface area contributed by atoms with Crippen LogP contribution in [0.25, 0.3) is 0 Å². The first-order valence-electron chi connectivity index (χ1n) is 8.88. The van der Waals surface area contributed by atoms with Crippen molar-refractivity contribution in [2.45, 2.75) is 19.4 Å². The van der Waals surface area contributed by atoms with Crippen molar-refractivity contribution in [1.29, 1.82) is 0 Å². The molecule has 1 aromatic carbocycles. The largest absolute Gasteiger partial charge is 0.494 e. The summed E-state index contributed by atoms with van der Waals surface area (Å²) in [6.45, 7) is 4.98. The summed E-state index contributed by atoms with van der Waals surface area (Å²) in [4.78, 5) is 20.7. The van der Waals surface area contributed by atoms with E-state index in [0.29, 0.717) is 13.0 Å². The smallest absolute Gasteiger partial charge is 0.222 e. The number of nitrogens with zero attached hydrogens (tertiary/aromatic N) is 3. The number of ether oxygens (including phenoxy) is 1. The number of rotatable bonds is 7. The summed E-state index contributed by atoms with van der Waals surface area (Å²) < 4.78 is 5.64. The highest BCUT2D eigenvalue weighted by molar-refractivity contribution is 5.76. The van der Waals surface area contributed by atoms with Gasteiger partial charge in [0, 0.05) is 51.5 Å². The number of benzene rings is 1. The molecule has 0 aliphatic carbocycles. The molecule has 0 N–H and O–H groups in total. The van der Waals surface area contributed by atoms with Gasteiger partial charge in [-0.05, 0) is 36.2 Å². The first-order valence-corrected chi connectivity index (χ1v) is 8.88. The monoisotopic (exact) mass is 339 g/mol. The summed E-state index contributed by atoms with van der Waals surface area (Å²) in [7, 11) is 0. The molecule has 1 aromatic heterocycles. The molecule has 0 radical (unpaired) electrons. The van der Waals surface area contributed by atoms with E-state index in [9.17, 15) is 4.79 Å². The van der Waals surface area contributed by atoms with E-state index in [1.165, 1.54) is 5.56 Å². The van der Waals surface area contributed by atoms with Crippen molar-refractivity contribution in [2.75, 3.05) is 32.8 Å². The van der Waals surface area contributed by atoms with E-state index >= 15 is 0 Å². The van der Waals surface area contributed by atoms with Gasteiger partial charge in [-0.25, -0.2) is 0 Å². The average molecular weight is 339 g/mol. The molecule has 1 amide bonds. The van der Waals surface area contributed by atoms with Gasteiger partial charge < -0.3 is 9.64 Å². The standard InChI is InChI=1S/C20H25N3O2/c24-20(7-4-16-25-19-5-2-1-3-6-19)23-14-12-22(13-15-23)17-18-8-10-21-11-9-18/h1-3,5-6,8-11H,4,7,12-17H2. The van der Waals surface area contributed by atoms with Gasteiger partial charge in [-0.15, -0.1) is 0 Å². The highest BCUT2D eigenvalue weighted by Gasteiger charge is 2.20. The number of carbonyl (C=O) groups excluding carboxylic acids is 1. The second-order valence-electron chi connectivity index (χ2n) is 6.28. The summed E-state index contributed by atoms with van der Waals surface area (Å²) in [6.07, 6.45) is 4.96. The van der Waals surface area contributed by atoms with Crippen LogP contribution in [0.3, 0.4) is 0 Å². The summed E-state index contributed by atoms with van der Waals surface area (Å²) in [6, 6.07) is 13.8. The molecular weight excluding hydrogens is 314 g/mol. The highest BCUT2D eigenvalue weighted by atomic mass is 16.5. The Kier molecular flexibility index (Phi) is 6.40. The van der Waals surface area contributed by atoms with Crippen LogP contribution in [0.15, 0.2) is 54.9 Å². The number of pyridine rings is 1. The molecule has 0 saturated carbocycles. The predicted molar refractivity (Wildman–Crippen MR) is 97.3 cm³/mol. The number of para-hydroxylation sites is 1. The molecule has 0 unspecified atom stereocenters. The number of amides is 1. The number of aromatic nitrogens is 1. The molecular formula is C20H25N3O2. The minimum atomic E-state index is 0.236. The van der Waals surface area contributed by atoms with E-state index in [-0.39, 0.29) is 5.91 Å². The molecule has 1 fully saturated rings. The number of hydrogen-bond acceptors (Lipinski definition) is 4. The zero-order valence-corrected chi connectivity index (χ0v) is 14.5. The van der Waals surface area contributed by atoms with Gasteiger partial charge in [-0.3, -0.25) is 14.7 Å². The van der Waals surface area contributed by atoms with Gasteiger partial charge in [-0.2, -0.15) is 0 Å². The normalized spacial score (nSPS) is 15.1. The molecule has 2 aromatic rings. The Morgan fingerprint density at radius 3 is 2.44 bits per heavy atom. The molecule has 1 saturated heterocycles. The van der Waals surface area contributed by atoms with Crippen LogP contribution in [-0.2, 0) is 11.3 Å². The van der Waals surface area contributed by atoms with Crippen LogP contribution in [0.1, 0.15) is 18.4 Å². The summed E-state index contributed by atoms with van der Waals surface area (Å²) in [5.74, 6) is 1.10. The van der Waals surface area contributed by atoms with Gasteiger partial charge in [0.1, 0.15) is 5.75 Å². The third kappa shape index (κ3) is 5.57.